The van der Waals surface area contributed by atoms with Crippen molar-refractivity contribution in [3.63, 3.8) is 0 Å². The molecule has 2 aliphatic heterocycles. The van der Waals surface area contributed by atoms with Gasteiger partial charge in [-0.1, -0.05) is 26.0 Å². The van der Waals surface area contributed by atoms with Crippen molar-refractivity contribution in [1.29, 1.82) is 0 Å². The van der Waals surface area contributed by atoms with E-state index in [-0.39, 0.29) is 28.6 Å². The van der Waals surface area contributed by atoms with Gasteiger partial charge in [-0.25, -0.2) is 8.42 Å². The van der Waals surface area contributed by atoms with Gasteiger partial charge < -0.3 is 10.6 Å². The minimum Gasteiger partial charge on any atom is -0.339 e. The van der Waals surface area contributed by atoms with Gasteiger partial charge in [0.15, 0.2) is 0 Å². The number of carbonyl (C=O) groups excluding carboxylic acids is 1. The van der Waals surface area contributed by atoms with Gasteiger partial charge in [-0.3, -0.25) is 14.5 Å². The van der Waals surface area contributed by atoms with Gasteiger partial charge in [0.2, 0.25) is 5.91 Å². The molecular weight excluding hydrogens is 340 g/mol. The topological polar surface area (TPSA) is 105 Å². The number of amidine groups is 1. The van der Waals surface area contributed by atoms with Crippen molar-refractivity contribution in [2.75, 3.05) is 13.1 Å². The molecule has 2 heterocycles. The van der Waals surface area contributed by atoms with Crippen LogP contribution in [0.1, 0.15) is 32.3 Å². The van der Waals surface area contributed by atoms with Gasteiger partial charge in [0, 0.05) is 24.7 Å². The Morgan fingerprint density at radius 1 is 1.40 bits per heavy atom. The van der Waals surface area contributed by atoms with Gasteiger partial charge in [-0.15, -0.1) is 0 Å². The lowest BCUT2D eigenvalue weighted by atomic mass is 10.0. The molecule has 1 fully saturated rings. The van der Waals surface area contributed by atoms with Crippen molar-refractivity contribution in [2.24, 2.45) is 16.6 Å². The number of nitrogens with two attached hydrogens (primary N) is 1. The highest BCUT2D eigenvalue weighted by molar-refractivity contribution is 7.90. The number of hydrogen-bond acceptors (Lipinski definition) is 5. The molecule has 0 radical (unpaired) electrons. The Bertz CT molecular complexity index is 804. The molecule has 3 N–H and O–H groups in total. The molecule has 1 unspecified atom stereocenters. The molecule has 2 atom stereocenters. The zero-order valence-corrected chi connectivity index (χ0v) is 15.3. The summed E-state index contributed by atoms with van der Waals surface area (Å²) in [6, 6.07) is 6.06. The predicted molar refractivity (Wildman–Crippen MR) is 95.7 cm³/mol. The normalized spacial score (nSPS) is 24.4. The Kier molecular flexibility index (Phi) is 4.83. The standard InChI is InChI=1S/C17H24N4O3S/c1-11(2)9-14(17(22)21-8-7-12(18)10-21)19-16-13-5-3-4-6-15(13)25(23,24)20-16/h3-6,11-12,14H,7-10,18H2,1-2H3,(H,19,20)/t12-,14?/m1/s1. The smallest absolute Gasteiger partial charge is 0.263 e. The van der Waals surface area contributed by atoms with Crippen LogP contribution in [0.25, 0.3) is 0 Å². The molecule has 7 nitrogen and oxygen atoms in total. The third-order valence-corrected chi connectivity index (χ3v) is 5.86. The van der Waals surface area contributed by atoms with Gasteiger partial charge in [-0.05, 0) is 30.9 Å². The van der Waals surface area contributed by atoms with Gasteiger partial charge in [0.1, 0.15) is 11.9 Å². The summed E-state index contributed by atoms with van der Waals surface area (Å²) in [5, 5.41) is 0. The maximum Gasteiger partial charge on any atom is 0.263 e. The molecule has 0 aliphatic carbocycles. The molecule has 0 spiro atoms. The van der Waals surface area contributed by atoms with Crippen LogP contribution in [0, 0.1) is 5.92 Å². The van der Waals surface area contributed by atoms with E-state index in [1.54, 1.807) is 29.2 Å². The monoisotopic (exact) mass is 364 g/mol. The molecule has 2 aliphatic rings. The van der Waals surface area contributed by atoms with Crippen LogP contribution in [0.3, 0.4) is 0 Å². The highest BCUT2D eigenvalue weighted by Gasteiger charge is 2.34. The highest BCUT2D eigenvalue weighted by Crippen LogP contribution is 2.24. The first-order valence-corrected chi connectivity index (χ1v) is 10.0. The lowest BCUT2D eigenvalue weighted by Gasteiger charge is -2.22. The lowest BCUT2D eigenvalue weighted by Crippen LogP contribution is -2.40. The van der Waals surface area contributed by atoms with Crippen molar-refractivity contribution in [3.8, 4) is 0 Å². The number of likely N-dealkylation sites (tertiary alicyclic amines) is 1. The Hall–Kier alpha value is -1.93. The number of nitrogens with zero attached hydrogens (tertiary/aromatic N) is 2. The molecule has 1 saturated heterocycles. The predicted octanol–water partition coefficient (Wildman–Crippen LogP) is 0.699. The number of rotatable bonds is 4. The summed E-state index contributed by atoms with van der Waals surface area (Å²) in [7, 11) is -3.61. The largest absolute Gasteiger partial charge is 0.339 e. The van der Waals surface area contributed by atoms with Gasteiger partial charge in [-0.2, -0.15) is 0 Å². The van der Waals surface area contributed by atoms with E-state index in [9.17, 15) is 13.2 Å². The Morgan fingerprint density at radius 3 is 2.76 bits per heavy atom. The van der Waals surface area contributed by atoms with Gasteiger partial charge in [0.25, 0.3) is 10.0 Å². The fourth-order valence-electron chi connectivity index (χ4n) is 3.24. The molecule has 25 heavy (non-hydrogen) atoms. The zero-order valence-electron chi connectivity index (χ0n) is 14.5. The van der Waals surface area contributed by atoms with Crippen molar-refractivity contribution in [1.82, 2.24) is 9.62 Å². The summed E-state index contributed by atoms with van der Waals surface area (Å²) in [6.45, 7) is 5.19. The number of fused-ring (bicyclic) bond motifs is 1. The number of sulfonamides is 1. The first-order chi connectivity index (χ1) is 11.8. The van der Waals surface area contributed by atoms with Crippen LogP contribution < -0.4 is 10.5 Å². The minimum absolute atomic E-state index is 0.00186. The molecule has 0 bridgehead atoms. The molecule has 0 saturated carbocycles. The second kappa shape index (κ2) is 6.76. The second-order valence-corrected chi connectivity index (χ2v) is 8.71. The number of aliphatic imine (C=N–C) groups is 1. The molecule has 136 valence electrons. The highest BCUT2D eigenvalue weighted by atomic mass is 32.2. The quantitative estimate of drug-likeness (QED) is 0.820. The van der Waals surface area contributed by atoms with E-state index < -0.39 is 16.1 Å². The van der Waals surface area contributed by atoms with E-state index in [4.69, 9.17) is 5.73 Å². The van der Waals surface area contributed by atoms with Crippen molar-refractivity contribution < 1.29 is 13.2 Å². The van der Waals surface area contributed by atoms with Gasteiger partial charge in [0.05, 0.1) is 4.90 Å². The average molecular weight is 364 g/mol. The Labute approximate surface area is 148 Å². The lowest BCUT2D eigenvalue weighted by molar-refractivity contribution is -0.131. The summed E-state index contributed by atoms with van der Waals surface area (Å²) < 4.78 is 26.9. The van der Waals surface area contributed by atoms with Crippen LogP contribution >= 0.6 is 0 Å². The first kappa shape index (κ1) is 17.9. The SMILES string of the molecule is CC(C)CC(N=C1NS(=O)(=O)c2ccccc21)C(=O)N1CC[C@@H](N)C1. The van der Waals surface area contributed by atoms with E-state index in [2.05, 4.69) is 9.71 Å². The van der Waals surface area contributed by atoms with Crippen LogP contribution in [0.15, 0.2) is 34.2 Å². The van der Waals surface area contributed by atoms with E-state index in [0.717, 1.165) is 6.42 Å². The molecule has 1 aromatic carbocycles. The molecule has 3 rings (SSSR count). The summed E-state index contributed by atoms with van der Waals surface area (Å²) in [4.78, 5) is 19.3. The number of carbonyl (C=O) groups is 1. The molecular formula is C17H24N4O3S. The van der Waals surface area contributed by atoms with E-state index in [0.29, 0.717) is 25.1 Å². The van der Waals surface area contributed by atoms with Crippen LogP contribution in [0.2, 0.25) is 0 Å². The number of nitrogens with one attached hydrogen (secondary N) is 1. The summed E-state index contributed by atoms with van der Waals surface area (Å²) in [6.07, 6.45) is 1.34. The van der Waals surface area contributed by atoms with Crippen LogP contribution in [0.4, 0.5) is 0 Å². The minimum atomic E-state index is -3.61. The summed E-state index contributed by atoms with van der Waals surface area (Å²) >= 11 is 0. The Morgan fingerprint density at radius 2 is 2.12 bits per heavy atom. The van der Waals surface area contributed by atoms with Crippen molar-refractivity contribution in [2.45, 2.75) is 43.7 Å². The van der Waals surface area contributed by atoms with Gasteiger partial charge >= 0.3 is 0 Å². The summed E-state index contributed by atoms with van der Waals surface area (Å²) in [5.41, 5.74) is 6.42. The number of amides is 1. The molecule has 1 aromatic rings. The maximum absolute atomic E-state index is 12.9. The third-order valence-electron chi connectivity index (χ3n) is 4.46. The summed E-state index contributed by atoms with van der Waals surface area (Å²) in [5.74, 6) is 0.415. The fourth-order valence-corrected chi connectivity index (χ4v) is 4.48. The van der Waals surface area contributed by atoms with Crippen LogP contribution in [0.5, 0.6) is 0 Å². The van der Waals surface area contributed by atoms with Crippen LogP contribution in [-0.2, 0) is 14.8 Å². The first-order valence-electron chi connectivity index (χ1n) is 8.52. The molecule has 0 aromatic heterocycles. The van der Waals surface area contributed by atoms with E-state index in [1.165, 1.54) is 0 Å². The fraction of sp³-hybridized carbons (Fsp3) is 0.529. The van der Waals surface area contributed by atoms with Crippen molar-refractivity contribution >= 4 is 21.8 Å². The molecule has 1 amide bonds. The average Bonchev–Trinajstić information content (AvgIpc) is 3.08. The number of benzene rings is 1. The maximum atomic E-state index is 12.9. The zero-order chi connectivity index (χ0) is 18.2. The second-order valence-electron chi connectivity index (χ2n) is 7.06. The van der Waals surface area contributed by atoms with Crippen LogP contribution in [-0.4, -0.2) is 50.2 Å². The van der Waals surface area contributed by atoms with Crippen molar-refractivity contribution in [3.05, 3.63) is 29.8 Å². The van der Waals surface area contributed by atoms with E-state index in [1.807, 2.05) is 13.8 Å². The molecule has 8 heteroatoms. The number of hydrogen-bond donors (Lipinski definition) is 2. The third kappa shape index (κ3) is 3.69. The van der Waals surface area contributed by atoms with E-state index >= 15 is 0 Å². The Balaban J connectivity index is 1.93.